The summed E-state index contributed by atoms with van der Waals surface area (Å²) in [7, 11) is 4.21. The van der Waals surface area contributed by atoms with Gasteiger partial charge in [0.25, 0.3) is 0 Å². The minimum absolute atomic E-state index is 0.00147. The third-order valence-corrected chi connectivity index (χ3v) is 5.02. The fourth-order valence-electron chi connectivity index (χ4n) is 3.83. The first kappa shape index (κ1) is 22.0. The standard InChI is InChI=1S/C24H34N2O2/c1-7-23(19(4)17-25(5)6)20-12-11-15-22(16-20)28-24(27)26(18(2)3)21-13-9-8-10-14-21/h8-16,18-19,23H,7,17H2,1-6H3. The zero-order valence-corrected chi connectivity index (χ0v) is 18.1. The second-order valence-corrected chi connectivity index (χ2v) is 7.99. The lowest BCUT2D eigenvalue weighted by Gasteiger charge is -2.27. The Balaban J connectivity index is 2.20. The number of ether oxygens (including phenoxy) is 1. The second-order valence-electron chi connectivity index (χ2n) is 7.99. The molecule has 0 N–H and O–H groups in total. The molecule has 0 saturated carbocycles. The lowest BCUT2D eigenvalue weighted by molar-refractivity contribution is 0.205. The van der Waals surface area contributed by atoms with E-state index in [-0.39, 0.29) is 12.1 Å². The van der Waals surface area contributed by atoms with Crippen LogP contribution in [0.15, 0.2) is 54.6 Å². The van der Waals surface area contributed by atoms with Gasteiger partial charge in [0.2, 0.25) is 0 Å². The van der Waals surface area contributed by atoms with Gasteiger partial charge in [0.1, 0.15) is 5.75 Å². The van der Waals surface area contributed by atoms with Gasteiger partial charge in [0.05, 0.1) is 0 Å². The SMILES string of the molecule is CCC(c1cccc(OC(=O)N(c2ccccc2)C(C)C)c1)C(C)CN(C)C. The molecule has 2 aromatic carbocycles. The number of para-hydroxylation sites is 1. The predicted octanol–water partition coefficient (Wildman–Crippen LogP) is 5.79. The Morgan fingerprint density at radius 1 is 1.00 bits per heavy atom. The smallest absolute Gasteiger partial charge is 0.410 e. The van der Waals surface area contributed by atoms with Crippen molar-refractivity contribution in [3.63, 3.8) is 0 Å². The normalized spacial score (nSPS) is 13.4. The number of carbonyl (C=O) groups is 1. The maximum absolute atomic E-state index is 12.9. The van der Waals surface area contributed by atoms with Gasteiger partial charge < -0.3 is 9.64 Å². The summed E-state index contributed by atoms with van der Waals surface area (Å²) in [5.74, 6) is 1.54. The van der Waals surface area contributed by atoms with E-state index in [9.17, 15) is 4.79 Å². The number of hydrogen-bond acceptors (Lipinski definition) is 3. The maximum Gasteiger partial charge on any atom is 0.419 e. The molecule has 28 heavy (non-hydrogen) atoms. The lowest BCUT2D eigenvalue weighted by Crippen LogP contribution is -2.39. The zero-order valence-electron chi connectivity index (χ0n) is 18.1. The molecule has 0 saturated heterocycles. The van der Waals surface area contributed by atoms with Crippen LogP contribution >= 0.6 is 0 Å². The van der Waals surface area contributed by atoms with Gasteiger partial charge in [-0.2, -0.15) is 0 Å². The average Bonchev–Trinajstić information content (AvgIpc) is 2.62. The van der Waals surface area contributed by atoms with E-state index in [1.165, 1.54) is 5.56 Å². The van der Waals surface area contributed by atoms with E-state index in [1.54, 1.807) is 4.90 Å². The molecule has 0 aliphatic rings. The third-order valence-electron chi connectivity index (χ3n) is 5.02. The molecule has 0 aliphatic heterocycles. The Morgan fingerprint density at radius 2 is 1.68 bits per heavy atom. The summed E-state index contributed by atoms with van der Waals surface area (Å²) in [6.07, 6.45) is 0.696. The molecular weight excluding hydrogens is 348 g/mol. The van der Waals surface area contributed by atoms with Gasteiger partial charge in [0.15, 0.2) is 0 Å². The van der Waals surface area contributed by atoms with E-state index in [2.05, 4.69) is 38.9 Å². The maximum atomic E-state index is 12.9. The molecular formula is C24H34N2O2. The van der Waals surface area contributed by atoms with E-state index >= 15 is 0 Å². The van der Waals surface area contributed by atoms with Crippen LogP contribution in [0.4, 0.5) is 10.5 Å². The molecule has 4 heteroatoms. The lowest BCUT2D eigenvalue weighted by atomic mass is 9.85. The first-order chi connectivity index (χ1) is 13.3. The highest BCUT2D eigenvalue weighted by atomic mass is 16.6. The van der Waals surface area contributed by atoms with Crippen molar-refractivity contribution >= 4 is 11.8 Å². The summed E-state index contributed by atoms with van der Waals surface area (Å²) in [4.78, 5) is 16.8. The molecule has 0 heterocycles. The average molecular weight is 383 g/mol. The van der Waals surface area contributed by atoms with Gasteiger partial charge in [-0.3, -0.25) is 4.90 Å². The summed E-state index contributed by atoms with van der Waals surface area (Å²) in [6, 6.07) is 17.6. The first-order valence-corrected chi connectivity index (χ1v) is 10.1. The van der Waals surface area contributed by atoms with Gasteiger partial charge in [-0.15, -0.1) is 0 Å². The quantitative estimate of drug-likeness (QED) is 0.579. The van der Waals surface area contributed by atoms with E-state index in [4.69, 9.17) is 4.74 Å². The monoisotopic (exact) mass is 382 g/mol. The molecule has 1 amide bonds. The predicted molar refractivity (Wildman–Crippen MR) is 117 cm³/mol. The number of benzene rings is 2. The van der Waals surface area contributed by atoms with Crippen LogP contribution in [0.2, 0.25) is 0 Å². The van der Waals surface area contributed by atoms with E-state index < -0.39 is 0 Å². The Bertz CT molecular complexity index is 743. The molecule has 0 radical (unpaired) electrons. The molecule has 0 aliphatic carbocycles. The molecule has 0 fully saturated rings. The van der Waals surface area contributed by atoms with Crippen LogP contribution in [-0.2, 0) is 0 Å². The molecule has 2 aromatic rings. The third kappa shape index (κ3) is 5.83. The minimum atomic E-state index is -0.354. The minimum Gasteiger partial charge on any atom is -0.410 e. The fourth-order valence-corrected chi connectivity index (χ4v) is 3.83. The molecule has 4 nitrogen and oxygen atoms in total. The van der Waals surface area contributed by atoms with E-state index in [0.717, 1.165) is 18.7 Å². The van der Waals surface area contributed by atoms with Crippen LogP contribution in [0.5, 0.6) is 5.75 Å². The van der Waals surface area contributed by atoms with Crippen LogP contribution in [0.3, 0.4) is 0 Å². The fraction of sp³-hybridized carbons (Fsp3) is 0.458. The molecule has 0 bridgehead atoms. The van der Waals surface area contributed by atoms with Gasteiger partial charge in [-0.25, -0.2) is 4.79 Å². The van der Waals surface area contributed by atoms with Crippen molar-refractivity contribution in [2.45, 2.75) is 46.1 Å². The van der Waals surface area contributed by atoms with Crippen molar-refractivity contribution in [1.82, 2.24) is 4.90 Å². The topological polar surface area (TPSA) is 32.8 Å². The summed E-state index contributed by atoms with van der Waals surface area (Å²) in [6.45, 7) is 9.49. The van der Waals surface area contributed by atoms with Gasteiger partial charge in [-0.05, 0) is 76.0 Å². The van der Waals surface area contributed by atoms with Gasteiger partial charge in [0, 0.05) is 18.3 Å². The zero-order chi connectivity index (χ0) is 20.7. The summed E-state index contributed by atoms with van der Waals surface area (Å²) in [5.41, 5.74) is 2.06. The highest BCUT2D eigenvalue weighted by Gasteiger charge is 2.22. The van der Waals surface area contributed by atoms with Gasteiger partial charge >= 0.3 is 6.09 Å². The van der Waals surface area contributed by atoms with Crippen molar-refractivity contribution < 1.29 is 9.53 Å². The molecule has 2 unspecified atom stereocenters. The Hall–Kier alpha value is -2.33. The number of anilines is 1. The molecule has 2 atom stereocenters. The van der Waals surface area contributed by atoms with E-state index in [1.807, 2.05) is 62.4 Å². The summed E-state index contributed by atoms with van der Waals surface area (Å²) in [5, 5.41) is 0. The highest BCUT2D eigenvalue weighted by Crippen LogP contribution is 2.31. The van der Waals surface area contributed by atoms with Gasteiger partial charge in [-0.1, -0.05) is 44.2 Å². The first-order valence-electron chi connectivity index (χ1n) is 10.1. The molecule has 0 aromatic heterocycles. The van der Waals surface area contributed by atoms with Crippen molar-refractivity contribution in [3.05, 3.63) is 60.2 Å². The number of carbonyl (C=O) groups excluding carboxylic acids is 1. The van der Waals surface area contributed by atoms with Crippen LogP contribution in [0.1, 0.15) is 45.6 Å². The second kappa shape index (κ2) is 10.3. The molecule has 2 rings (SSSR count). The summed E-state index contributed by atoms with van der Waals surface area (Å²) < 4.78 is 5.76. The van der Waals surface area contributed by atoms with E-state index in [0.29, 0.717) is 17.6 Å². The van der Waals surface area contributed by atoms with Crippen LogP contribution in [-0.4, -0.2) is 37.7 Å². The Labute approximate surface area is 170 Å². The van der Waals surface area contributed by atoms with Crippen molar-refractivity contribution in [2.24, 2.45) is 5.92 Å². The highest BCUT2D eigenvalue weighted by molar-refractivity contribution is 5.89. The Morgan fingerprint density at radius 3 is 2.25 bits per heavy atom. The van der Waals surface area contributed by atoms with Crippen LogP contribution in [0.25, 0.3) is 0 Å². The van der Waals surface area contributed by atoms with Crippen LogP contribution in [0, 0.1) is 5.92 Å². The largest absolute Gasteiger partial charge is 0.419 e. The number of rotatable bonds is 8. The van der Waals surface area contributed by atoms with Crippen molar-refractivity contribution in [1.29, 1.82) is 0 Å². The number of nitrogens with zero attached hydrogens (tertiary/aromatic N) is 2. The molecule has 152 valence electrons. The summed E-state index contributed by atoms with van der Waals surface area (Å²) >= 11 is 0. The Kier molecular flexibility index (Phi) is 8.06. The number of amides is 1. The van der Waals surface area contributed by atoms with Crippen molar-refractivity contribution in [3.8, 4) is 5.75 Å². The molecule has 0 spiro atoms. The van der Waals surface area contributed by atoms with Crippen molar-refractivity contribution in [2.75, 3.05) is 25.5 Å². The van der Waals surface area contributed by atoms with Crippen LogP contribution < -0.4 is 9.64 Å². The number of hydrogen-bond donors (Lipinski definition) is 0.